The van der Waals surface area contributed by atoms with Crippen LogP contribution in [0.3, 0.4) is 0 Å². The highest BCUT2D eigenvalue weighted by Crippen LogP contribution is 2.33. The molecule has 1 saturated heterocycles. The van der Waals surface area contributed by atoms with Crippen LogP contribution in [0.1, 0.15) is 59.2 Å². The summed E-state index contributed by atoms with van der Waals surface area (Å²) in [7, 11) is 0. The van der Waals surface area contributed by atoms with Crippen molar-refractivity contribution in [1.29, 1.82) is 0 Å². The van der Waals surface area contributed by atoms with Crippen molar-refractivity contribution in [3.63, 3.8) is 0 Å². The molecule has 0 N–H and O–H groups in total. The lowest BCUT2D eigenvalue weighted by molar-refractivity contribution is -0.146. The minimum Gasteiger partial charge on any atom is -0.476 e. The van der Waals surface area contributed by atoms with Crippen molar-refractivity contribution >= 4 is 34.8 Å². The first-order valence-electron chi connectivity index (χ1n) is 12.4. The third-order valence-corrected chi connectivity index (χ3v) is 8.33. The van der Waals surface area contributed by atoms with Crippen LogP contribution in [0.25, 0.3) is 0 Å². The number of thiazole rings is 1. The Bertz CT molecular complexity index is 1270. The number of piperidine rings is 1. The second kappa shape index (κ2) is 10.2. The molecule has 5 rings (SSSR count). The summed E-state index contributed by atoms with van der Waals surface area (Å²) in [6.07, 6.45) is 2.50. The molecule has 0 unspecified atom stereocenters. The highest BCUT2D eigenvalue weighted by molar-refractivity contribution is 7.09. The molecule has 0 saturated carbocycles. The quantitative estimate of drug-likeness (QED) is 0.439. The number of para-hydroxylation sites is 1. The fraction of sp³-hybridized carbons (Fsp3) is 0.393. The van der Waals surface area contributed by atoms with Crippen molar-refractivity contribution in [2.45, 2.75) is 51.2 Å². The van der Waals surface area contributed by atoms with E-state index in [1.165, 1.54) is 11.1 Å². The monoisotopic (exact) mass is 523 g/mol. The molecule has 0 atom stereocenters. The number of nitrogens with zero attached hydrogens (tertiary/aromatic N) is 3. The Labute approximate surface area is 220 Å². The predicted molar refractivity (Wildman–Crippen MR) is 142 cm³/mol. The first-order valence-corrected chi connectivity index (χ1v) is 13.6. The number of benzene rings is 2. The Hall–Kier alpha value is -2.90. The summed E-state index contributed by atoms with van der Waals surface area (Å²) in [6.45, 7) is 6.17. The van der Waals surface area contributed by atoms with E-state index in [0.29, 0.717) is 36.1 Å². The van der Waals surface area contributed by atoms with E-state index in [-0.39, 0.29) is 17.7 Å². The van der Waals surface area contributed by atoms with Gasteiger partial charge in [-0.3, -0.25) is 9.59 Å². The number of halogens is 1. The number of hydrogen-bond donors (Lipinski definition) is 0. The van der Waals surface area contributed by atoms with Crippen LogP contribution in [0.15, 0.2) is 53.9 Å². The van der Waals surface area contributed by atoms with Crippen molar-refractivity contribution in [3.05, 3.63) is 80.8 Å². The van der Waals surface area contributed by atoms with Crippen molar-refractivity contribution in [2.75, 3.05) is 19.6 Å². The maximum atomic E-state index is 13.2. The van der Waals surface area contributed by atoms with Crippen LogP contribution >= 0.6 is 22.9 Å². The maximum Gasteiger partial charge on any atom is 0.273 e. The lowest BCUT2D eigenvalue weighted by atomic mass is 9.96. The Kier molecular flexibility index (Phi) is 7.04. The zero-order chi connectivity index (χ0) is 25.3. The van der Waals surface area contributed by atoms with Crippen molar-refractivity contribution in [3.8, 4) is 5.75 Å². The number of carbonyl (C=O) groups excluding carboxylic acids is 2. The molecule has 3 aromatic rings. The molecule has 2 aliphatic heterocycles. The number of rotatable bonds is 5. The minimum atomic E-state index is -1.02. The number of aromatic nitrogens is 1. The van der Waals surface area contributed by atoms with Gasteiger partial charge in [-0.25, -0.2) is 4.98 Å². The fourth-order valence-corrected chi connectivity index (χ4v) is 6.10. The van der Waals surface area contributed by atoms with Crippen LogP contribution in [-0.2, 0) is 17.8 Å². The molecule has 2 aliphatic rings. The number of ether oxygens (including phenoxy) is 1. The van der Waals surface area contributed by atoms with Gasteiger partial charge in [-0.15, -0.1) is 11.3 Å². The van der Waals surface area contributed by atoms with Gasteiger partial charge in [0.05, 0.1) is 10.0 Å². The molecule has 2 amide bonds. The molecule has 36 heavy (non-hydrogen) atoms. The second-order valence-corrected chi connectivity index (χ2v) is 11.2. The van der Waals surface area contributed by atoms with Crippen molar-refractivity contribution in [2.24, 2.45) is 0 Å². The average molecular weight is 524 g/mol. The molecule has 8 heteroatoms. The van der Waals surface area contributed by atoms with E-state index in [9.17, 15) is 9.59 Å². The summed E-state index contributed by atoms with van der Waals surface area (Å²) in [4.78, 5) is 34.8. The van der Waals surface area contributed by atoms with Gasteiger partial charge in [-0.1, -0.05) is 48.0 Å². The van der Waals surface area contributed by atoms with Crippen LogP contribution in [-0.4, -0.2) is 51.8 Å². The molecular weight excluding hydrogens is 494 g/mol. The number of fused-ring (bicyclic) bond motifs is 1. The van der Waals surface area contributed by atoms with E-state index < -0.39 is 5.60 Å². The van der Waals surface area contributed by atoms with Gasteiger partial charge in [0.2, 0.25) is 0 Å². The summed E-state index contributed by atoms with van der Waals surface area (Å²) in [5.74, 6) is 0.694. The lowest BCUT2D eigenvalue weighted by Gasteiger charge is -2.36. The van der Waals surface area contributed by atoms with Crippen LogP contribution in [0, 0.1) is 0 Å². The van der Waals surface area contributed by atoms with E-state index in [4.69, 9.17) is 21.3 Å². The molecule has 0 aliphatic carbocycles. The van der Waals surface area contributed by atoms with Gasteiger partial charge in [-0.05, 0) is 56.4 Å². The largest absolute Gasteiger partial charge is 0.476 e. The molecule has 1 aromatic heterocycles. The second-order valence-electron chi connectivity index (χ2n) is 9.93. The Morgan fingerprint density at radius 3 is 2.44 bits per heavy atom. The Morgan fingerprint density at radius 2 is 1.69 bits per heavy atom. The van der Waals surface area contributed by atoms with Gasteiger partial charge < -0.3 is 14.5 Å². The van der Waals surface area contributed by atoms with Gasteiger partial charge in [0.25, 0.3) is 11.8 Å². The highest BCUT2D eigenvalue weighted by Gasteiger charge is 2.37. The number of likely N-dealkylation sites (tertiary alicyclic amines) is 1. The molecule has 0 radical (unpaired) electrons. The van der Waals surface area contributed by atoms with Gasteiger partial charge in [0, 0.05) is 37.5 Å². The zero-order valence-corrected chi connectivity index (χ0v) is 22.1. The summed E-state index contributed by atoms with van der Waals surface area (Å²) >= 11 is 7.77. The molecule has 188 valence electrons. The molecule has 0 bridgehead atoms. The smallest absolute Gasteiger partial charge is 0.273 e. The average Bonchev–Trinajstić information content (AvgIpc) is 3.39. The predicted octanol–water partition coefficient (Wildman–Crippen LogP) is 5.56. The van der Waals surface area contributed by atoms with E-state index >= 15 is 0 Å². The molecule has 2 aromatic carbocycles. The van der Waals surface area contributed by atoms with Crippen molar-refractivity contribution < 1.29 is 14.3 Å². The van der Waals surface area contributed by atoms with E-state index in [1.807, 2.05) is 33.4 Å². The molecule has 6 nitrogen and oxygen atoms in total. The van der Waals surface area contributed by atoms with Crippen LogP contribution in [0.5, 0.6) is 5.75 Å². The number of amides is 2. The molecule has 3 heterocycles. The molecule has 0 spiro atoms. The molecule has 1 fully saturated rings. The van der Waals surface area contributed by atoms with Gasteiger partial charge in [-0.2, -0.15) is 0 Å². The Morgan fingerprint density at radius 1 is 1.00 bits per heavy atom. The van der Waals surface area contributed by atoms with Crippen LogP contribution in [0.2, 0.25) is 5.02 Å². The zero-order valence-electron chi connectivity index (χ0n) is 20.6. The highest BCUT2D eigenvalue weighted by atomic mass is 35.5. The first-order chi connectivity index (χ1) is 17.3. The summed E-state index contributed by atoms with van der Waals surface area (Å²) in [5, 5.41) is 3.35. The van der Waals surface area contributed by atoms with Gasteiger partial charge in [0.15, 0.2) is 5.60 Å². The van der Waals surface area contributed by atoms with Gasteiger partial charge >= 0.3 is 0 Å². The topological polar surface area (TPSA) is 62.7 Å². The summed E-state index contributed by atoms with van der Waals surface area (Å²) in [6, 6.07) is 15.5. The lowest BCUT2D eigenvalue weighted by Crippen LogP contribution is -2.51. The van der Waals surface area contributed by atoms with Crippen LogP contribution in [0.4, 0.5) is 0 Å². The standard InChI is InChI=1S/C28H30ClN3O3S/c1-28(2,35-24-10-6-5-9-22(24)29)27(34)31-14-12-20(13-15-31)25-30-23(18-36-25)26(33)32-16-11-19-7-3-4-8-21(19)17-32/h3-10,18,20H,11-17H2,1-2H3. The van der Waals surface area contributed by atoms with E-state index in [2.05, 4.69) is 18.2 Å². The number of carbonyl (C=O) groups is 2. The van der Waals surface area contributed by atoms with E-state index in [1.54, 1.807) is 37.3 Å². The fourth-order valence-electron chi connectivity index (χ4n) is 4.96. The third kappa shape index (κ3) is 5.13. The third-order valence-electron chi connectivity index (χ3n) is 7.01. The van der Waals surface area contributed by atoms with Crippen LogP contribution < -0.4 is 4.74 Å². The summed E-state index contributed by atoms with van der Waals surface area (Å²) < 4.78 is 5.99. The van der Waals surface area contributed by atoms with Crippen molar-refractivity contribution in [1.82, 2.24) is 14.8 Å². The number of hydrogen-bond acceptors (Lipinski definition) is 5. The SMILES string of the molecule is CC(C)(Oc1ccccc1Cl)C(=O)N1CCC(c2nc(C(=O)N3CCc4ccccc4C3)cs2)CC1. The first kappa shape index (κ1) is 24.8. The summed E-state index contributed by atoms with van der Waals surface area (Å²) in [5.41, 5.74) is 2.04. The van der Waals surface area contributed by atoms with E-state index in [0.717, 1.165) is 30.8 Å². The Balaban J connectivity index is 1.18. The van der Waals surface area contributed by atoms with Gasteiger partial charge in [0.1, 0.15) is 11.4 Å². The minimum absolute atomic E-state index is 0.00177. The normalized spacial score (nSPS) is 16.5. The molecular formula is C28H30ClN3O3S. The maximum absolute atomic E-state index is 13.2.